The zero-order chi connectivity index (χ0) is 36.3. The minimum Gasteiger partial charge on any atom is -0.363 e. The van der Waals surface area contributed by atoms with Crippen LogP contribution in [0.5, 0.6) is 0 Å². The standard InChI is InChI=1S/C33H57N7O7S/c1-18(2)40-14-13-38(48(40,46)47)17-22(31(3,4)5)36-30(45)37-26(32(6,7)8)29(44)39-16-20-23(33(20,9)10)24(39)28(43)35-21(15-19-11-12-19)25(41)27(34)42/h18-24,26H,11-17H2,1-10H3,(H2,34,42)(H,35,43)(H2,36,37,45)/t20-,21?,22+,23-,24-,26+/m0/s1. The number of hydrogen-bond acceptors (Lipinski definition) is 7. The minimum atomic E-state index is -3.69. The van der Waals surface area contributed by atoms with Crippen LogP contribution in [0.15, 0.2) is 0 Å². The Morgan fingerprint density at radius 3 is 2.00 bits per heavy atom. The number of ketones is 1. The minimum absolute atomic E-state index is 0.0541. The molecule has 2 saturated carbocycles. The number of nitrogens with zero attached hydrogens (tertiary/aromatic N) is 3. The summed E-state index contributed by atoms with van der Waals surface area (Å²) in [5, 5.41) is 8.57. The molecule has 2 heterocycles. The fourth-order valence-corrected chi connectivity index (χ4v) is 9.14. The van der Waals surface area contributed by atoms with Crippen LogP contribution in [-0.2, 0) is 29.4 Å². The van der Waals surface area contributed by atoms with Crippen molar-refractivity contribution in [1.29, 1.82) is 0 Å². The summed E-state index contributed by atoms with van der Waals surface area (Å²) in [5.74, 6) is -2.76. The molecule has 0 spiro atoms. The zero-order valence-corrected chi connectivity index (χ0v) is 31.1. The molecule has 5 N–H and O–H groups in total. The average Bonchev–Trinajstić information content (AvgIpc) is 3.74. The molecule has 2 saturated heterocycles. The van der Waals surface area contributed by atoms with Crippen molar-refractivity contribution >= 4 is 39.7 Å². The summed E-state index contributed by atoms with van der Waals surface area (Å²) in [7, 11) is -3.69. The van der Waals surface area contributed by atoms with Crippen LogP contribution >= 0.6 is 0 Å². The molecule has 2 aliphatic heterocycles. The molecule has 4 fully saturated rings. The van der Waals surface area contributed by atoms with Gasteiger partial charge < -0.3 is 26.6 Å². The van der Waals surface area contributed by atoms with Gasteiger partial charge in [0, 0.05) is 38.3 Å². The third-order valence-electron chi connectivity index (χ3n) is 10.8. The topological polar surface area (TPSA) is 191 Å². The van der Waals surface area contributed by atoms with Gasteiger partial charge >= 0.3 is 6.03 Å². The highest BCUT2D eigenvalue weighted by molar-refractivity contribution is 7.87. The molecule has 0 aromatic carbocycles. The number of rotatable bonds is 12. The first-order valence-corrected chi connectivity index (χ1v) is 18.6. The van der Waals surface area contributed by atoms with Crippen molar-refractivity contribution in [2.45, 2.75) is 119 Å². The Morgan fingerprint density at radius 1 is 0.917 bits per heavy atom. The van der Waals surface area contributed by atoms with Gasteiger partial charge in [-0.15, -0.1) is 0 Å². The van der Waals surface area contributed by atoms with E-state index in [-0.39, 0.29) is 35.8 Å². The van der Waals surface area contributed by atoms with Gasteiger partial charge in [-0.3, -0.25) is 19.2 Å². The first-order chi connectivity index (χ1) is 21.9. The third kappa shape index (κ3) is 7.83. The number of primary amides is 1. The molecule has 2 aliphatic carbocycles. The van der Waals surface area contributed by atoms with Gasteiger partial charge in [-0.25, -0.2) is 4.79 Å². The Balaban J connectivity index is 1.52. The Bertz CT molecular complexity index is 1410. The predicted octanol–water partition coefficient (Wildman–Crippen LogP) is 1.21. The number of Topliss-reactive ketones (excluding diaryl/α,β-unsaturated/α-hetero) is 1. The Kier molecular flexibility index (Phi) is 10.4. The van der Waals surface area contributed by atoms with E-state index in [9.17, 15) is 32.4 Å². The van der Waals surface area contributed by atoms with Crippen molar-refractivity contribution in [3.8, 4) is 0 Å². The lowest BCUT2D eigenvalue weighted by Crippen LogP contribution is -2.62. The first kappa shape index (κ1) is 38.0. The maximum absolute atomic E-state index is 14.4. The number of likely N-dealkylation sites (tertiary alicyclic amines) is 1. The van der Waals surface area contributed by atoms with Gasteiger partial charge in [0.05, 0.1) is 6.04 Å². The summed E-state index contributed by atoms with van der Waals surface area (Å²) in [6, 6.07) is -4.37. The maximum atomic E-state index is 14.4. The molecule has 1 unspecified atom stereocenters. The van der Waals surface area contributed by atoms with Gasteiger partial charge in [-0.05, 0) is 54.3 Å². The van der Waals surface area contributed by atoms with Crippen LogP contribution in [0.1, 0.15) is 88.5 Å². The summed E-state index contributed by atoms with van der Waals surface area (Å²) in [5.41, 5.74) is 3.81. The molecule has 0 radical (unpaired) electrons. The molecular formula is C33H57N7O7S. The lowest BCUT2D eigenvalue weighted by Gasteiger charge is -2.39. The van der Waals surface area contributed by atoms with E-state index in [4.69, 9.17) is 5.73 Å². The molecule has 48 heavy (non-hydrogen) atoms. The smallest absolute Gasteiger partial charge is 0.315 e. The summed E-state index contributed by atoms with van der Waals surface area (Å²) in [6.07, 6.45) is 2.14. The third-order valence-corrected chi connectivity index (χ3v) is 13.0. The molecule has 15 heteroatoms. The van der Waals surface area contributed by atoms with E-state index in [1.807, 2.05) is 69.2 Å². The quantitative estimate of drug-likeness (QED) is 0.221. The molecule has 0 aromatic rings. The van der Waals surface area contributed by atoms with Crippen LogP contribution in [0.3, 0.4) is 0 Å². The molecule has 5 amide bonds. The van der Waals surface area contributed by atoms with Crippen molar-refractivity contribution in [1.82, 2.24) is 29.5 Å². The summed E-state index contributed by atoms with van der Waals surface area (Å²) >= 11 is 0. The molecule has 4 rings (SSSR count). The molecule has 6 atom stereocenters. The summed E-state index contributed by atoms with van der Waals surface area (Å²) in [6.45, 7) is 20.0. The number of fused-ring (bicyclic) bond motifs is 1. The number of nitrogens with one attached hydrogen (secondary N) is 3. The van der Waals surface area contributed by atoms with E-state index < -0.39 is 74.7 Å². The van der Waals surface area contributed by atoms with Crippen LogP contribution in [0, 0.1) is 34.0 Å². The highest BCUT2D eigenvalue weighted by Gasteiger charge is 2.70. The van der Waals surface area contributed by atoms with E-state index in [2.05, 4.69) is 16.0 Å². The van der Waals surface area contributed by atoms with Crippen LogP contribution in [0.4, 0.5) is 4.79 Å². The van der Waals surface area contributed by atoms with Gasteiger partial charge in [0.25, 0.3) is 16.1 Å². The predicted molar refractivity (Wildman–Crippen MR) is 180 cm³/mol. The van der Waals surface area contributed by atoms with Gasteiger partial charge in [-0.1, -0.05) is 68.2 Å². The highest BCUT2D eigenvalue weighted by Crippen LogP contribution is 2.65. The number of piperidine rings is 1. The van der Waals surface area contributed by atoms with Gasteiger partial charge in [0.1, 0.15) is 12.1 Å². The average molecular weight is 696 g/mol. The maximum Gasteiger partial charge on any atom is 0.315 e. The van der Waals surface area contributed by atoms with E-state index in [0.29, 0.717) is 26.1 Å². The second-order valence-corrected chi connectivity index (χ2v) is 19.1. The number of urea groups is 1. The lowest BCUT2D eigenvalue weighted by molar-refractivity contribution is -0.145. The normalized spacial score (nSPS) is 27.1. The van der Waals surface area contributed by atoms with E-state index in [1.165, 1.54) is 13.5 Å². The van der Waals surface area contributed by atoms with Crippen molar-refractivity contribution in [2.75, 3.05) is 26.2 Å². The number of carbonyl (C=O) groups is 5. The first-order valence-electron chi connectivity index (χ1n) is 17.2. The highest BCUT2D eigenvalue weighted by atomic mass is 32.2. The molecule has 4 aliphatic rings. The summed E-state index contributed by atoms with van der Waals surface area (Å²) in [4.78, 5) is 67.8. The second-order valence-electron chi connectivity index (χ2n) is 17.3. The Morgan fingerprint density at radius 2 is 1.52 bits per heavy atom. The van der Waals surface area contributed by atoms with E-state index in [0.717, 1.165) is 12.8 Å². The molecular weight excluding hydrogens is 638 g/mol. The van der Waals surface area contributed by atoms with E-state index in [1.54, 1.807) is 0 Å². The lowest BCUT2D eigenvalue weighted by atomic mass is 9.85. The summed E-state index contributed by atoms with van der Waals surface area (Å²) < 4.78 is 29.2. The fourth-order valence-electron chi connectivity index (χ4n) is 7.34. The van der Waals surface area contributed by atoms with Crippen LogP contribution in [0.25, 0.3) is 0 Å². The SMILES string of the molecule is CC(C)N1CCN(C[C@@H](NC(=O)N[C@H](C(=O)N2C[C@H]3[C@@H]([C@H]2C(=O)NC(CC2CC2)C(=O)C(N)=O)C3(C)C)C(C)(C)C)C(C)(C)C)S1(=O)=O. The van der Waals surface area contributed by atoms with Crippen molar-refractivity contribution in [3.05, 3.63) is 0 Å². The van der Waals surface area contributed by atoms with Gasteiger partial charge in [0.2, 0.25) is 17.6 Å². The molecule has 272 valence electrons. The fraction of sp³-hybridized carbons (Fsp3) is 0.848. The van der Waals surface area contributed by atoms with Crippen molar-refractivity contribution in [2.24, 2.45) is 39.7 Å². The molecule has 0 bridgehead atoms. The number of amides is 5. The Hall–Kier alpha value is -2.78. The second kappa shape index (κ2) is 13.2. The van der Waals surface area contributed by atoms with Gasteiger partial charge in [0.15, 0.2) is 0 Å². The van der Waals surface area contributed by atoms with Crippen molar-refractivity contribution < 1.29 is 32.4 Å². The van der Waals surface area contributed by atoms with Gasteiger partial charge in [-0.2, -0.15) is 17.0 Å². The molecule has 0 aromatic heterocycles. The van der Waals surface area contributed by atoms with Crippen LogP contribution < -0.4 is 21.7 Å². The number of nitrogens with two attached hydrogens (primary N) is 1. The van der Waals surface area contributed by atoms with Crippen LogP contribution in [0.2, 0.25) is 0 Å². The zero-order valence-electron chi connectivity index (χ0n) is 30.3. The number of hydrogen-bond donors (Lipinski definition) is 4. The Labute approximate surface area is 285 Å². The number of carbonyl (C=O) groups excluding carboxylic acids is 5. The van der Waals surface area contributed by atoms with E-state index >= 15 is 0 Å². The largest absolute Gasteiger partial charge is 0.363 e. The molecule has 14 nitrogen and oxygen atoms in total. The monoisotopic (exact) mass is 695 g/mol. The van der Waals surface area contributed by atoms with Crippen molar-refractivity contribution in [3.63, 3.8) is 0 Å². The van der Waals surface area contributed by atoms with Crippen LogP contribution in [-0.4, -0.2) is 108 Å².